The van der Waals surface area contributed by atoms with E-state index in [2.05, 4.69) is 48.5 Å². The molecule has 0 fully saturated rings. The van der Waals surface area contributed by atoms with E-state index in [1.807, 2.05) is 97.1 Å². The summed E-state index contributed by atoms with van der Waals surface area (Å²) in [6.07, 6.45) is 5.90. The minimum absolute atomic E-state index is 0.255. The van der Waals surface area contributed by atoms with Crippen LogP contribution in [0.4, 0.5) is 0 Å². The van der Waals surface area contributed by atoms with Crippen LogP contribution in [0.15, 0.2) is 146 Å². The summed E-state index contributed by atoms with van der Waals surface area (Å²) in [7, 11) is 0. The Labute approximate surface area is 298 Å². The highest BCUT2D eigenvalue weighted by molar-refractivity contribution is 6.26. The number of aliphatic hydroxyl groups excluding tert-OH is 2. The average Bonchev–Trinajstić information content (AvgIpc) is 3.18. The number of rotatable bonds is 6. The van der Waals surface area contributed by atoms with Crippen LogP contribution in [0.25, 0.3) is 87.6 Å². The molecule has 0 heterocycles. The van der Waals surface area contributed by atoms with Gasteiger partial charge in [-0.05, 0) is 100 Å². The number of hydrogen-bond acceptors (Lipinski definition) is 4. The van der Waals surface area contributed by atoms with Crippen molar-refractivity contribution in [2.45, 2.75) is 12.2 Å². The molecule has 4 nitrogen and oxygen atoms in total. The van der Waals surface area contributed by atoms with Gasteiger partial charge in [-0.1, -0.05) is 133 Å². The fourth-order valence-corrected chi connectivity index (χ4v) is 8.24. The van der Waals surface area contributed by atoms with Gasteiger partial charge in [-0.3, -0.25) is 0 Å². The predicted octanol–water partition coefficient (Wildman–Crippen LogP) is 11.5. The Morgan fingerprint density at radius 3 is 1.13 bits per heavy atom. The summed E-state index contributed by atoms with van der Waals surface area (Å²) >= 11 is 0. The Morgan fingerprint density at radius 2 is 0.692 bits per heavy atom. The summed E-state index contributed by atoms with van der Waals surface area (Å²) in [6.45, 7) is 0. The molecule has 0 aliphatic carbocycles. The number of fused-ring (bicyclic) bond motifs is 1. The van der Waals surface area contributed by atoms with Gasteiger partial charge in [0.05, 0.1) is 12.2 Å². The highest BCUT2D eigenvalue weighted by Gasteiger charge is 2.17. The maximum Gasteiger partial charge on any atom is 0.123 e. The van der Waals surface area contributed by atoms with E-state index in [0.717, 1.165) is 97.7 Å². The van der Waals surface area contributed by atoms with Crippen molar-refractivity contribution in [3.63, 3.8) is 0 Å². The zero-order valence-electron chi connectivity index (χ0n) is 28.0. The lowest BCUT2D eigenvalue weighted by atomic mass is 9.90. The molecule has 0 aliphatic rings. The first-order chi connectivity index (χ1) is 25.4. The molecule has 0 saturated heterocycles. The van der Waals surface area contributed by atoms with Gasteiger partial charge in [-0.25, -0.2) is 0 Å². The van der Waals surface area contributed by atoms with Crippen molar-refractivity contribution in [3.8, 4) is 11.5 Å². The van der Waals surface area contributed by atoms with Crippen molar-refractivity contribution in [3.05, 3.63) is 168 Å². The first-order valence-electron chi connectivity index (χ1n) is 17.5. The second-order valence-electron chi connectivity index (χ2n) is 13.8. The minimum atomic E-state index is -0.824. The fourth-order valence-electron chi connectivity index (χ4n) is 8.24. The Morgan fingerprint density at radius 1 is 0.346 bits per heavy atom. The number of hydrogen-bond donors (Lipinski definition) is 4. The number of aromatic hydroxyl groups is 2. The van der Waals surface area contributed by atoms with Gasteiger partial charge < -0.3 is 20.4 Å². The molecule has 4 heteroatoms. The molecule has 10 aromatic rings. The van der Waals surface area contributed by atoms with Crippen LogP contribution in [0.5, 0.6) is 11.5 Å². The van der Waals surface area contributed by atoms with Crippen molar-refractivity contribution in [1.82, 2.24) is 0 Å². The highest BCUT2D eigenvalue weighted by Crippen LogP contribution is 2.42. The van der Waals surface area contributed by atoms with E-state index in [-0.39, 0.29) is 11.5 Å². The lowest BCUT2D eigenvalue weighted by Gasteiger charge is -2.16. The standard InChI is InChI=1S/C48H32O4/c49-41(35-15-7-30-11-19-39-43(51)23-13-32-9-17-37(35)45(30)47(32)39)21-3-27-1-5-29-6-2-28(26-34(29)25-27)4-22-42(50)36-16-8-31-12-20-40-44(52)24-14-33-10-18-38(36)46(31)48(33)40/h1-26,41-42,49-52H/b21-3+,22-4+. The van der Waals surface area contributed by atoms with Crippen LogP contribution in [0, 0.1) is 0 Å². The molecule has 0 aromatic heterocycles. The number of phenolic OH excluding ortho intramolecular Hbond substituents is 2. The lowest BCUT2D eigenvalue weighted by molar-refractivity contribution is 0.231. The Bertz CT molecular complexity index is 2880. The van der Waals surface area contributed by atoms with Gasteiger partial charge in [0, 0.05) is 21.5 Å². The summed E-state index contributed by atoms with van der Waals surface area (Å²) in [5.74, 6) is 0.510. The van der Waals surface area contributed by atoms with E-state index in [1.165, 1.54) is 0 Å². The highest BCUT2D eigenvalue weighted by atomic mass is 16.3. The molecule has 2 atom stereocenters. The van der Waals surface area contributed by atoms with E-state index in [9.17, 15) is 20.4 Å². The van der Waals surface area contributed by atoms with Crippen LogP contribution < -0.4 is 0 Å². The van der Waals surface area contributed by atoms with E-state index < -0.39 is 12.2 Å². The molecule has 0 amide bonds. The summed E-state index contributed by atoms with van der Waals surface area (Å²) < 4.78 is 0. The van der Waals surface area contributed by atoms with Crippen molar-refractivity contribution < 1.29 is 20.4 Å². The van der Waals surface area contributed by atoms with Crippen LogP contribution in [0.1, 0.15) is 34.5 Å². The second-order valence-corrected chi connectivity index (χ2v) is 13.8. The SMILES string of the molecule is Oc1ccc2ccc3c(C(O)/C=C/c4ccc5ccc(/C=C/C(O)c6ccc7ccc8c(O)ccc9ccc6c7c98)cc5c4)ccc4ccc1c2c43. The van der Waals surface area contributed by atoms with E-state index >= 15 is 0 Å². The molecular weight excluding hydrogens is 641 g/mol. The summed E-state index contributed by atoms with van der Waals surface area (Å²) in [6, 6.07) is 44.0. The molecule has 0 saturated carbocycles. The van der Waals surface area contributed by atoms with Crippen molar-refractivity contribution in [2.24, 2.45) is 0 Å². The van der Waals surface area contributed by atoms with Crippen LogP contribution in [0.3, 0.4) is 0 Å². The first-order valence-corrected chi connectivity index (χ1v) is 17.5. The topological polar surface area (TPSA) is 80.9 Å². The van der Waals surface area contributed by atoms with Gasteiger partial charge in [0.2, 0.25) is 0 Å². The smallest absolute Gasteiger partial charge is 0.123 e. The van der Waals surface area contributed by atoms with Crippen molar-refractivity contribution in [2.75, 3.05) is 0 Å². The molecule has 248 valence electrons. The van der Waals surface area contributed by atoms with E-state index in [0.29, 0.717) is 0 Å². The molecule has 0 bridgehead atoms. The number of benzene rings is 10. The Kier molecular flexibility index (Phi) is 6.74. The maximum atomic E-state index is 11.4. The quantitative estimate of drug-likeness (QED) is 0.133. The number of phenols is 2. The van der Waals surface area contributed by atoms with Gasteiger partial charge in [-0.15, -0.1) is 0 Å². The molecular formula is C48H32O4. The largest absolute Gasteiger partial charge is 0.507 e. The fraction of sp³-hybridized carbons (Fsp3) is 0.0417. The third kappa shape index (κ3) is 4.70. The van der Waals surface area contributed by atoms with Crippen LogP contribution >= 0.6 is 0 Å². The van der Waals surface area contributed by atoms with Crippen LogP contribution in [-0.4, -0.2) is 20.4 Å². The van der Waals surface area contributed by atoms with Crippen molar-refractivity contribution in [1.29, 1.82) is 0 Å². The normalized spacial score (nSPS) is 13.8. The Balaban J connectivity index is 0.942. The monoisotopic (exact) mass is 672 g/mol. The average molecular weight is 673 g/mol. The van der Waals surface area contributed by atoms with E-state index in [4.69, 9.17) is 0 Å². The zero-order valence-corrected chi connectivity index (χ0v) is 28.0. The maximum absolute atomic E-state index is 11.4. The second kappa shape index (κ2) is 11.5. The van der Waals surface area contributed by atoms with Crippen molar-refractivity contribution >= 4 is 87.6 Å². The lowest BCUT2D eigenvalue weighted by Crippen LogP contribution is -1.96. The molecule has 0 aliphatic heterocycles. The third-order valence-electron chi connectivity index (χ3n) is 10.8. The molecule has 10 aromatic carbocycles. The summed E-state index contributed by atoms with van der Waals surface area (Å²) in [5, 5.41) is 58.0. The number of aliphatic hydroxyl groups is 2. The van der Waals surface area contributed by atoms with Crippen LogP contribution in [0.2, 0.25) is 0 Å². The molecule has 52 heavy (non-hydrogen) atoms. The minimum Gasteiger partial charge on any atom is -0.507 e. The molecule has 4 N–H and O–H groups in total. The van der Waals surface area contributed by atoms with Gasteiger partial charge >= 0.3 is 0 Å². The molecule has 10 rings (SSSR count). The van der Waals surface area contributed by atoms with Gasteiger partial charge in [0.25, 0.3) is 0 Å². The zero-order chi connectivity index (χ0) is 35.1. The summed E-state index contributed by atoms with van der Waals surface area (Å²) in [4.78, 5) is 0. The van der Waals surface area contributed by atoms with Crippen LogP contribution in [-0.2, 0) is 0 Å². The van der Waals surface area contributed by atoms with Gasteiger partial charge in [0.15, 0.2) is 0 Å². The first kappa shape index (κ1) is 30.4. The third-order valence-corrected chi connectivity index (χ3v) is 10.8. The molecule has 2 unspecified atom stereocenters. The Hall–Kier alpha value is -6.46. The summed E-state index contributed by atoms with van der Waals surface area (Å²) in [5.41, 5.74) is 3.57. The predicted molar refractivity (Wildman–Crippen MR) is 216 cm³/mol. The van der Waals surface area contributed by atoms with E-state index in [1.54, 1.807) is 12.1 Å². The van der Waals surface area contributed by atoms with Gasteiger partial charge in [-0.2, -0.15) is 0 Å². The molecule has 0 spiro atoms. The van der Waals surface area contributed by atoms with Gasteiger partial charge in [0.1, 0.15) is 11.5 Å². The molecule has 0 radical (unpaired) electrons.